The number of nitrogens with zero attached hydrogens (tertiary/aromatic N) is 3. The van der Waals surface area contributed by atoms with E-state index >= 15 is 0 Å². The van der Waals surface area contributed by atoms with Gasteiger partial charge in [0.15, 0.2) is 11.5 Å². The lowest BCUT2D eigenvalue weighted by Gasteiger charge is -2.22. The molecule has 10 nitrogen and oxygen atoms in total. The molecule has 1 fully saturated rings. The number of fused-ring (bicyclic) bond motifs is 1. The van der Waals surface area contributed by atoms with Gasteiger partial charge in [-0.15, -0.1) is 0 Å². The van der Waals surface area contributed by atoms with E-state index in [0.717, 1.165) is 11.4 Å². The highest BCUT2D eigenvalue weighted by molar-refractivity contribution is 6.00. The number of hydrogen-bond acceptors (Lipinski definition) is 6. The van der Waals surface area contributed by atoms with Crippen LogP contribution in [-0.2, 0) is 20.9 Å². The van der Waals surface area contributed by atoms with E-state index in [1.807, 2.05) is 19.9 Å². The van der Waals surface area contributed by atoms with Crippen molar-refractivity contribution in [1.29, 1.82) is 0 Å². The molecule has 1 aromatic heterocycles. The van der Waals surface area contributed by atoms with Gasteiger partial charge in [-0.05, 0) is 32.0 Å². The number of aromatic nitrogens is 2. The molecule has 1 atom stereocenters. The maximum absolute atomic E-state index is 12.5. The van der Waals surface area contributed by atoms with Crippen LogP contribution >= 0.6 is 0 Å². The standard InChI is InChI=1S/C20H23N5O5/c1-12-7-13(2)25(23-12)11-18(26)21-22-20(28)14-8-19(27)24(10-14)15-3-4-16-17(9-15)30-6-5-29-16/h3-4,7,9,14H,5-6,8,10-11H2,1-2H3,(H,21,26)(H,22,28)/t14-/m1/s1. The second-order valence-corrected chi connectivity index (χ2v) is 7.36. The van der Waals surface area contributed by atoms with E-state index in [1.165, 1.54) is 0 Å². The summed E-state index contributed by atoms with van der Waals surface area (Å²) in [4.78, 5) is 38.5. The Morgan fingerprint density at radius 1 is 1.13 bits per heavy atom. The maximum atomic E-state index is 12.5. The molecule has 10 heteroatoms. The number of hydrogen-bond donors (Lipinski definition) is 2. The van der Waals surface area contributed by atoms with Gasteiger partial charge >= 0.3 is 0 Å². The molecular weight excluding hydrogens is 390 g/mol. The number of aryl methyl sites for hydroxylation is 2. The molecule has 2 aliphatic rings. The summed E-state index contributed by atoms with van der Waals surface area (Å²) in [6.45, 7) is 4.84. The molecule has 2 N–H and O–H groups in total. The first-order chi connectivity index (χ1) is 14.4. The molecule has 0 bridgehead atoms. The van der Waals surface area contributed by atoms with Gasteiger partial charge in [-0.1, -0.05) is 0 Å². The maximum Gasteiger partial charge on any atom is 0.260 e. The van der Waals surface area contributed by atoms with Gasteiger partial charge in [-0.25, -0.2) is 0 Å². The predicted molar refractivity (Wildman–Crippen MR) is 106 cm³/mol. The first kappa shape index (κ1) is 19.7. The highest BCUT2D eigenvalue weighted by Gasteiger charge is 2.35. The van der Waals surface area contributed by atoms with Crippen LogP contribution in [0.25, 0.3) is 0 Å². The highest BCUT2D eigenvalue weighted by atomic mass is 16.6. The minimum atomic E-state index is -0.570. The Bertz CT molecular complexity index is 1000. The predicted octanol–water partition coefficient (Wildman–Crippen LogP) is 0.472. The van der Waals surface area contributed by atoms with E-state index in [-0.39, 0.29) is 25.4 Å². The minimum Gasteiger partial charge on any atom is -0.486 e. The molecule has 4 rings (SSSR count). The lowest BCUT2D eigenvalue weighted by molar-refractivity contribution is -0.131. The quantitative estimate of drug-likeness (QED) is 0.705. The van der Waals surface area contributed by atoms with Crippen LogP contribution in [0, 0.1) is 19.8 Å². The second kappa shape index (κ2) is 8.05. The largest absolute Gasteiger partial charge is 0.486 e. The molecule has 0 spiro atoms. The van der Waals surface area contributed by atoms with Crippen molar-refractivity contribution in [3.05, 3.63) is 35.7 Å². The summed E-state index contributed by atoms with van der Waals surface area (Å²) in [5.74, 6) is -0.333. The summed E-state index contributed by atoms with van der Waals surface area (Å²) in [5, 5.41) is 4.21. The van der Waals surface area contributed by atoms with Crippen LogP contribution in [0.3, 0.4) is 0 Å². The zero-order chi connectivity index (χ0) is 21.3. The van der Waals surface area contributed by atoms with E-state index < -0.39 is 17.7 Å². The SMILES string of the molecule is Cc1cc(C)n(CC(=O)NNC(=O)[C@@H]2CC(=O)N(c3ccc4c(c3)OCCO4)C2)n1. The van der Waals surface area contributed by atoms with Crippen LogP contribution in [0.5, 0.6) is 11.5 Å². The van der Waals surface area contributed by atoms with Gasteiger partial charge in [0.25, 0.3) is 5.91 Å². The molecule has 0 saturated carbocycles. The van der Waals surface area contributed by atoms with Crippen molar-refractivity contribution < 1.29 is 23.9 Å². The summed E-state index contributed by atoms with van der Waals surface area (Å²) < 4.78 is 12.6. The number of amides is 3. The van der Waals surface area contributed by atoms with Crippen LogP contribution in [0.1, 0.15) is 17.8 Å². The molecule has 30 heavy (non-hydrogen) atoms. The first-order valence-electron chi connectivity index (χ1n) is 9.70. The number of anilines is 1. The normalized spacial score (nSPS) is 17.7. The van der Waals surface area contributed by atoms with Crippen molar-refractivity contribution in [2.45, 2.75) is 26.8 Å². The number of carbonyl (C=O) groups excluding carboxylic acids is 3. The fourth-order valence-corrected chi connectivity index (χ4v) is 3.58. The summed E-state index contributed by atoms with van der Waals surface area (Å²) in [7, 11) is 0. The first-order valence-corrected chi connectivity index (χ1v) is 9.70. The average Bonchev–Trinajstić information content (AvgIpc) is 3.27. The molecular formula is C20H23N5O5. The Kier molecular flexibility index (Phi) is 5.30. The molecule has 0 unspecified atom stereocenters. The van der Waals surface area contributed by atoms with Crippen molar-refractivity contribution in [2.24, 2.45) is 5.92 Å². The van der Waals surface area contributed by atoms with Crippen molar-refractivity contribution >= 4 is 23.4 Å². The van der Waals surface area contributed by atoms with E-state index in [1.54, 1.807) is 27.8 Å². The summed E-state index contributed by atoms with van der Waals surface area (Å²) in [6.07, 6.45) is 0.0631. The fourth-order valence-electron chi connectivity index (χ4n) is 3.58. The van der Waals surface area contributed by atoms with Crippen molar-refractivity contribution in [3.8, 4) is 11.5 Å². The molecule has 2 aliphatic heterocycles. The molecule has 2 aromatic rings. The van der Waals surface area contributed by atoms with Crippen LogP contribution < -0.4 is 25.2 Å². The van der Waals surface area contributed by atoms with Gasteiger partial charge in [0, 0.05) is 30.4 Å². The van der Waals surface area contributed by atoms with Crippen LogP contribution in [0.15, 0.2) is 24.3 Å². The van der Waals surface area contributed by atoms with Crippen LogP contribution in [0.4, 0.5) is 5.69 Å². The van der Waals surface area contributed by atoms with E-state index in [0.29, 0.717) is 30.4 Å². The molecule has 3 heterocycles. The Balaban J connectivity index is 1.33. The zero-order valence-corrected chi connectivity index (χ0v) is 16.8. The Morgan fingerprint density at radius 3 is 2.63 bits per heavy atom. The van der Waals surface area contributed by atoms with Crippen molar-refractivity contribution in [2.75, 3.05) is 24.7 Å². The van der Waals surface area contributed by atoms with Gasteiger partial charge in [0.05, 0.1) is 11.6 Å². The van der Waals surface area contributed by atoms with Crippen molar-refractivity contribution in [1.82, 2.24) is 20.6 Å². The number of carbonyl (C=O) groups is 3. The average molecular weight is 413 g/mol. The molecule has 3 amide bonds. The third-order valence-electron chi connectivity index (χ3n) is 5.06. The van der Waals surface area contributed by atoms with Crippen LogP contribution in [0.2, 0.25) is 0 Å². The van der Waals surface area contributed by atoms with E-state index in [9.17, 15) is 14.4 Å². The van der Waals surface area contributed by atoms with Gasteiger partial charge in [0.1, 0.15) is 19.8 Å². The third-order valence-corrected chi connectivity index (χ3v) is 5.06. The molecule has 158 valence electrons. The fraction of sp³-hybridized carbons (Fsp3) is 0.400. The Labute approximate surface area is 173 Å². The van der Waals surface area contributed by atoms with Gasteiger partial charge in [-0.3, -0.25) is 29.9 Å². The van der Waals surface area contributed by atoms with E-state index in [4.69, 9.17) is 9.47 Å². The second-order valence-electron chi connectivity index (χ2n) is 7.36. The Morgan fingerprint density at radius 2 is 1.90 bits per heavy atom. The summed E-state index contributed by atoms with van der Waals surface area (Å²) >= 11 is 0. The molecule has 1 aromatic carbocycles. The van der Waals surface area contributed by atoms with E-state index in [2.05, 4.69) is 16.0 Å². The Hall–Kier alpha value is -3.56. The van der Waals surface area contributed by atoms with Gasteiger partial charge < -0.3 is 14.4 Å². The highest BCUT2D eigenvalue weighted by Crippen LogP contribution is 2.35. The number of ether oxygens (including phenoxy) is 2. The monoisotopic (exact) mass is 413 g/mol. The smallest absolute Gasteiger partial charge is 0.260 e. The van der Waals surface area contributed by atoms with Crippen LogP contribution in [-0.4, -0.2) is 47.3 Å². The summed E-state index contributed by atoms with van der Waals surface area (Å²) in [6, 6.07) is 7.12. The topological polar surface area (TPSA) is 115 Å². The van der Waals surface area contributed by atoms with Gasteiger partial charge in [-0.2, -0.15) is 5.10 Å². The number of nitrogens with one attached hydrogen (secondary N) is 2. The lowest BCUT2D eigenvalue weighted by atomic mass is 10.1. The zero-order valence-electron chi connectivity index (χ0n) is 16.8. The number of benzene rings is 1. The lowest BCUT2D eigenvalue weighted by Crippen LogP contribution is -2.46. The molecule has 0 aliphatic carbocycles. The molecule has 1 saturated heterocycles. The molecule has 0 radical (unpaired) electrons. The van der Waals surface area contributed by atoms with Crippen molar-refractivity contribution in [3.63, 3.8) is 0 Å². The minimum absolute atomic E-state index is 0.00707. The third kappa shape index (κ3) is 4.07. The van der Waals surface area contributed by atoms with Gasteiger partial charge in [0.2, 0.25) is 11.8 Å². The summed E-state index contributed by atoms with van der Waals surface area (Å²) in [5.41, 5.74) is 7.11. The number of hydrazine groups is 1. The number of rotatable bonds is 4.